The van der Waals surface area contributed by atoms with Crippen molar-refractivity contribution in [2.24, 2.45) is 0 Å². The van der Waals surface area contributed by atoms with Crippen LogP contribution in [-0.4, -0.2) is 23.7 Å². The van der Waals surface area contributed by atoms with Crippen LogP contribution in [0.4, 0.5) is 16.2 Å². The summed E-state index contributed by atoms with van der Waals surface area (Å²) in [4.78, 5) is 24.5. The Labute approximate surface area is 130 Å². The number of carbonyl (C=O) groups is 2. The molecule has 108 valence electrons. The van der Waals surface area contributed by atoms with Crippen molar-refractivity contribution in [2.45, 2.75) is 0 Å². The summed E-state index contributed by atoms with van der Waals surface area (Å²) in [5.74, 6) is -1.08. The average molecular weight is 349 g/mol. The predicted molar refractivity (Wildman–Crippen MR) is 84.6 cm³/mol. The van der Waals surface area contributed by atoms with E-state index in [-0.39, 0.29) is 0 Å². The number of rotatable bonds is 4. The van der Waals surface area contributed by atoms with Gasteiger partial charge in [-0.15, -0.1) is 0 Å². The van der Waals surface area contributed by atoms with Crippen LogP contribution in [0.5, 0.6) is 0 Å². The van der Waals surface area contributed by atoms with E-state index in [4.69, 9.17) is 5.11 Å². The molecule has 2 rings (SSSR count). The molecule has 0 saturated heterocycles. The van der Waals surface area contributed by atoms with E-state index in [1.807, 2.05) is 6.07 Å². The van der Waals surface area contributed by atoms with Gasteiger partial charge in [0.1, 0.15) is 6.54 Å². The zero-order valence-electron chi connectivity index (χ0n) is 11.0. The highest BCUT2D eigenvalue weighted by atomic mass is 79.9. The van der Waals surface area contributed by atoms with Gasteiger partial charge < -0.3 is 10.4 Å². The second-order valence-corrected chi connectivity index (χ2v) is 5.08. The molecule has 0 aliphatic carbocycles. The number of halogens is 1. The zero-order chi connectivity index (χ0) is 15.2. The van der Waals surface area contributed by atoms with Crippen molar-refractivity contribution in [3.05, 3.63) is 59.1 Å². The number of carboxylic acid groups (broad SMARTS) is 1. The number of para-hydroxylation sites is 2. The van der Waals surface area contributed by atoms with Gasteiger partial charge in [0.15, 0.2) is 0 Å². The Kier molecular flexibility index (Phi) is 4.94. The molecule has 0 saturated carbocycles. The van der Waals surface area contributed by atoms with E-state index in [1.165, 1.54) is 4.90 Å². The van der Waals surface area contributed by atoms with Crippen LogP contribution in [0.15, 0.2) is 59.1 Å². The number of anilines is 2. The molecule has 0 atom stereocenters. The number of benzene rings is 2. The molecule has 0 fully saturated rings. The molecular weight excluding hydrogens is 336 g/mol. The van der Waals surface area contributed by atoms with Crippen LogP contribution in [0.1, 0.15) is 0 Å². The van der Waals surface area contributed by atoms with Crippen molar-refractivity contribution in [3.63, 3.8) is 0 Å². The summed E-state index contributed by atoms with van der Waals surface area (Å²) in [6.07, 6.45) is 0. The quantitative estimate of drug-likeness (QED) is 0.887. The molecule has 21 heavy (non-hydrogen) atoms. The Morgan fingerprint density at radius 2 is 1.67 bits per heavy atom. The fourth-order valence-corrected chi connectivity index (χ4v) is 2.15. The van der Waals surface area contributed by atoms with Gasteiger partial charge in [-0.05, 0) is 40.2 Å². The van der Waals surface area contributed by atoms with Gasteiger partial charge >= 0.3 is 12.0 Å². The Morgan fingerprint density at radius 1 is 1.05 bits per heavy atom. The molecule has 0 aliphatic rings. The highest BCUT2D eigenvalue weighted by molar-refractivity contribution is 9.10. The standard InChI is InChI=1S/C15H13BrN2O3/c16-12-8-4-5-9-13(12)17-15(21)18(10-14(19)20)11-6-2-1-3-7-11/h1-9H,10H2,(H,17,21)(H,19,20). The summed E-state index contributed by atoms with van der Waals surface area (Å²) in [6, 6.07) is 15.3. The minimum absolute atomic E-state index is 0.416. The Morgan fingerprint density at radius 3 is 2.29 bits per heavy atom. The average Bonchev–Trinajstić information content (AvgIpc) is 2.48. The third-order valence-electron chi connectivity index (χ3n) is 2.72. The number of carboxylic acids is 1. The monoisotopic (exact) mass is 348 g/mol. The highest BCUT2D eigenvalue weighted by Gasteiger charge is 2.19. The van der Waals surface area contributed by atoms with E-state index in [2.05, 4.69) is 21.2 Å². The van der Waals surface area contributed by atoms with Crippen molar-refractivity contribution in [1.29, 1.82) is 0 Å². The van der Waals surface area contributed by atoms with Crippen molar-refractivity contribution in [3.8, 4) is 0 Å². The molecule has 0 unspecified atom stereocenters. The van der Waals surface area contributed by atoms with Gasteiger partial charge in [0.05, 0.1) is 5.69 Å². The molecule has 0 bridgehead atoms. The summed E-state index contributed by atoms with van der Waals surface area (Å²) in [6.45, 7) is -0.416. The maximum Gasteiger partial charge on any atom is 0.326 e. The van der Waals surface area contributed by atoms with Crippen molar-refractivity contribution < 1.29 is 14.7 Å². The van der Waals surface area contributed by atoms with Crippen LogP contribution in [-0.2, 0) is 4.79 Å². The summed E-state index contributed by atoms with van der Waals surface area (Å²) in [5, 5.41) is 11.7. The minimum atomic E-state index is -1.08. The van der Waals surface area contributed by atoms with E-state index >= 15 is 0 Å². The second-order valence-electron chi connectivity index (χ2n) is 4.23. The topological polar surface area (TPSA) is 69.6 Å². The Balaban J connectivity index is 2.23. The SMILES string of the molecule is O=C(O)CN(C(=O)Nc1ccccc1Br)c1ccccc1. The largest absolute Gasteiger partial charge is 0.480 e. The van der Waals surface area contributed by atoms with Gasteiger partial charge in [-0.25, -0.2) is 4.79 Å². The molecule has 0 aliphatic heterocycles. The lowest BCUT2D eigenvalue weighted by molar-refractivity contribution is -0.135. The molecule has 5 nitrogen and oxygen atoms in total. The van der Waals surface area contributed by atoms with E-state index in [0.29, 0.717) is 11.4 Å². The lowest BCUT2D eigenvalue weighted by atomic mass is 10.3. The van der Waals surface area contributed by atoms with Gasteiger partial charge in [-0.1, -0.05) is 30.3 Å². The predicted octanol–water partition coefficient (Wildman–Crippen LogP) is 3.57. The second kappa shape index (κ2) is 6.90. The molecule has 0 spiro atoms. The number of hydrogen-bond donors (Lipinski definition) is 2. The smallest absolute Gasteiger partial charge is 0.326 e. The third kappa shape index (κ3) is 4.06. The number of aliphatic carboxylic acids is 1. The van der Waals surface area contributed by atoms with Crippen molar-refractivity contribution in [1.82, 2.24) is 0 Å². The number of urea groups is 1. The van der Waals surface area contributed by atoms with Crippen LogP contribution < -0.4 is 10.2 Å². The molecule has 2 amide bonds. The molecule has 2 aromatic rings. The molecule has 6 heteroatoms. The van der Waals surface area contributed by atoms with Crippen molar-refractivity contribution >= 4 is 39.3 Å². The molecule has 2 aromatic carbocycles. The first-order valence-corrected chi connectivity index (χ1v) is 6.97. The summed E-state index contributed by atoms with van der Waals surface area (Å²) < 4.78 is 0.724. The minimum Gasteiger partial charge on any atom is -0.480 e. The highest BCUT2D eigenvalue weighted by Crippen LogP contribution is 2.22. The van der Waals surface area contributed by atoms with Crippen LogP contribution in [0.3, 0.4) is 0 Å². The van der Waals surface area contributed by atoms with Gasteiger partial charge in [0, 0.05) is 10.2 Å². The molecule has 0 heterocycles. The first-order chi connectivity index (χ1) is 10.1. The first kappa shape index (κ1) is 15.1. The number of carbonyl (C=O) groups excluding carboxylic acids is 1. The third-order valence-corrected chi connectivity index (χ3v) is 3.41. The Bertz CT molecular complexity index is 646. The maximum absolute atomic E-state index is 12.3. The number of nitrogens with one attached hydrogen (secondary N) is 1. The first-order valence-electron chi connectivity index (χ1n) is 6.18. The van der Waals surface area contributed by atoms with Crippen LogP contribution in [0.25, 0.3) is 0 Å². The van der Waals surface area contributed by atoms with E-state index < -0.39 is 18.5 Å². The van der Waals surface area contributed by atoms with E-state index in [1.54, 1.807) is 48.5 Å². The van der Waals surface area contributed by atoms with Gasteiger partial charge in [-0.3, -0.25) is 9.69 Å². The number of hydrogen-bond acceptors (Lipinski definition) is 2. The molecule has 0 radical (unpaired) electrons. The maximum atomic E-state index is 12.3. The number of nitrogens with zero attached hydrogens (tertiary/aromatic N) is 1. The van der Waals surface area contributed by atoms with E-state index in [9.17, 15) is 9.59 Å². The van der Waals surface area contributed by atoms with Gasteiger partial charge in [0.2, 0.25) is 0 Å². The van der Waals surface area contributed by atoms with Crippen LogP contribution in [0.2, 0.25) is 0 Å². The van der Waals surface area contributed by atoms with E-state index in [0.717, 1.165) is 4.47 Å². The number of amides is 2. The molecular formula is C15H13BrN2O3. The fraction of sp³-hybridized carbons (Fsp3) is 0.0667. The van der Waals surface area contributed by atoms with Crippen molar-refractivity contribution in [2.75, 3.05) is 16.8 Å². The van der Waals surface area contributed by atoms with Crippen LogP contribution >= 0.6 is 15.9 Å². The zero-order valence-corrected chi connectivity index (χ0v) is 12.6. The normalized spacial score (nSPS) is 9.95. The summed E-state index contributed by atoms with van der Waals surface area (Å²) in [5.41, 5.74) is 1.10. The summed E-state index contributed by atoms with van der Waals surface area (Å²) in [7, 11) is 0. The fourth-order valence-electron chi connectivity index (χ4n) is 1.77. The Hall–Kier alpha value is -2.34. The van der Waals surface area contributed by atoms with Crippen LogP contribution in [0, 0.1) is 0 Å². The lowest BCUT2D eigenvalue weighted by Crippen LogP contribution is -2.38. The van der Waals surface area contributed by atoms with Gasteiger partial charge in [0.25, 0.3) is 0 Å². The lowest BCUT2D eigenvalue weighted by Gasteiger charge is -2.21. The molecule has 0 aromatic heterocycles. The molecule has 2 N–H and O–H groups in total. The summed E-state index contributed by atoms with van der Waals surface area (Å²) >= 11 is 3.33. The van der Waals surface area contributed by atoms with Gasteiger partial charge in [-0.2, -0.15) is 0 Å².